The van der Waals surface area contributed by atoms with Crippen molar-refractivity contribution in [3.63, 3.8) is 0 Å². The highest BCUT2D eigenvalue weighted by Gasteiger charge is 2.24. The normalized spacial score (nSPS) is 19.4. The third-order valence-corrected chi connectivity index (χ3v) is 4.81. The van der Waals surface area contributed by atoms with E-state index in [1.165, 1.54) is 11.1 Å². The molecule has 2 atom stereocenters. The van der Waals surface area contributed by atoms with Crippen LogP contribution in [0.1, 0.15) is 29.5 Å². The van der Waals surface area contributed by atoms with Gasteiger partial charge >= 0.3 is 0 Å². The molecule has 3 rings (SSSR count). The molecule has 2 aromatic carbocycles. The maximum Gasteiger partial charge on any atom is 0.128 e. The molecule has 0 saturated carbocycles. The first-order valence-electron chi connectivity index (χ1n) is 9.64. The summed E-state index contributed by atoms with van der Waals surface area (Å²) in [6.45, 7) is 5.94. The Bertz CT molecular complexity index is 757. The SMILES string of the molecule is C=C(c1ccccc1)c1cccc(CC2CCC(NC=NCCNC)O2)c1. The van der Waals surface area contributed by atoms with Gasteiger partial charge in [-0.15, -0.1) is 0 Å². The van der Waals surface area contributed by atoms with Crippen LogP contribution in [0.4, 0.5) is 0 Å². The average molecular weight is 364 g/mol. The smallest absolute Gasteiger partial charge is 0.128 e. The van der Waals surface area contributed by atoms with Crippen LogP contribution in [0.5, 0.6) is 0 Å². The van der Waals surface area contributed by atoms with E-state index in [2.05, 4.69) is 58.6 Å². The second kappa shape index (κ2) is 10.0. The van der Waals surface area contributed by atoms with Crippen molar-refractivity contribution in [3.8, 4) is 0 Å². The predicted molar refractivity (Wildman–Crippen MR) is 113 cm³/mol. The van der Waals surface area contributed by atoms with Gasteiger partial charge in [-0.3, -0.25) is 4.99 Å². The van der Waals surface area contributed by atoms with Crippen LogP contribution in [0, 0.1) is 0 Å². The second-order valence-corrected chi connectivity index (χ2v) is 6.88. The molecule has 27 heavy (non-hydrogen) atoms. The molecule has 4 heteroatoms. The van der Waals surface area contributed by atoms with Gasteiger partial charge in [-0.2, -0.15) is 0 Å². The summed E-state index contributed by atoms with van der Waals surface area (Å²) in [5.74, 6) is 0. The highest BCUT2D eigenvalue weighted by atomic mass is 16.5. The Morgan fingerprint density at radius 2 is 1.96 bits per heavy atom. The molecule has 1 fully saturated rings. The molecule has 2 N–H and O–H groups in total. The summed E-state index contributed by atoms with van der Waals surface area (Å²) in [6.07, 6.45) is 5.08. The minimum atomic E-state index is 0.0656. The highest BCUT2D eigenvalue weighted by molar-refractivity contribution is 5.78. The molecular weight excluding hydrogens is 334 g/mol. The lowest BCUT2D eigenvalue weighted by Gasteiger charge is -2.14. The molecule has 1 saturated heterocycles. The first-order valence-corrected chi connectivity index (χ1v) is 9.64. The average Bonchev–Trinajstić information content (AvgIpc) is 3.15. The number of hydrogen-bond donors (Lipinski definition) is 2. The third-order valence-electron chi connectivity index (χ3n) is 4.81. The van der Waals surface area contributed by atoms with Crippen LogP contribution >= 0.6 is 0 Å². The first-order chi connectivity index (χ1) is 13.3. The monoisotopic (exact) mass is 363 g/mol. The quantitative estimate of drug-likeness (QED) is 0.406. The van der Waals surface area contributed by atoms with Crippen molar-refractivity contribution in [1.82, 2.24) is 10.6 Å². The topological polar surface area (TPSA) is 45.7 Å². The zero-order chi connectivity index (χ0) is 18.9. The number of nitrogens with zero attached hydrogens (tertiary/aromatic N) is 1. The Morgan fingerprint density at radius 3 is 2.78 bits per heavy atom. The first kappa shape index (κ1) is 19.3. The van der Waals surface area contributed by atoms with Crippen molar-refractivity contribution in [2.45, 2.75) is 31.6 Å². The Morgan fingerprint density at radius 1 is 1.15 bits per heavy atom. The molecule has 0 bridgehead atoms. The van der Waals surface area contributed by atoms with E-state index in [-0.39, 0.29) is 12.3 Å². The van der Waals surface area contributed by atoms with Gasteiger partial charge in [0.1, 0.15) is 6.23 Å². The molecule has 1 aliphatic heterocycles. The van der Waals surface area contributed by atoms with Gasteiger partial charge in [-0.25, -0.2) is 0 Å². The highest BCUT2D eigenvalue weighted by Crippen LogP contribution is 2.25. The van der Waals surface area contributed by atoms with Crippen molar-refractivity contribution in [3.05, 3.63) is 77.9 Å². The van der Waals surface area contributed by atoms with Crippen LogP contribution in [-0.2, 0) is 11.2 Å². The van der Waals surface area contributed by atoms with Gasteiger partial charge in [0.15, 0.2) is 0 Å². The van der Waals surface area contributed by atoms with Crippen LogP contribution in [0.2, 0.25) is 0 Å². The lowest BCUT2D eigenvalue weighted by atomic mass is 9.96. The Balaban J connectivity index is 1.53. The van der Waals surface area contributed by atoms with Crippen LogP contribution in [0.25, 0.3) is 5.57 Å². The summed E-state index contributed by atoms with van der Waals surface area (Å²) in [6, 6.07) is 19.0. The third kappa shape index (κ3) is 5.78. The zero-order valence-corrected chi connectivity index (χ0v) is 16.0. The number of hydrogen-bond acceptors (Lipinski definition) is 3. The van der Waals surface area contributed by atoms with Gasteiger partial charge in [-0.1, -0.05) is 61.2 Å². The van der Waals surface area contributed by atoms with Gasteiger partial charge in [0.25, 0.3) is 0 Å². The van der Waals surface area contributed by atoms with Crippen molar-refractivity contribution in [2.24, 2.45) is 4.99 Å². The number of nitrogens with one attached hydrogen (secondary N) is 2. The van der Waals surface area contributed by atoms with Gasteiger partial charge in [-0.05, 0) is 48.6 Å². The summed E-state index contributed by atoms with van der Waals surface area (Å²) < 4.78 is 6.12. The summed E-state index contributed by atoms with van der Waals surface area (Å²) in [5, 5.41) is 6.33. The standard InChI is InChI=1S/C23H29N3O/c1-18(20-8-4-3-5-9-20)21-10-6-7-19(15-21)16-22-11-12-23(27-22)26-17-25-14-13-24-2/h3-10,15,17,22-24H,1,11-14,16H2,2H3,(H,25,26). The molecule has 0 spiro atoms. The molecule has 142 valence electrons. The van der Waals surface area contributed by atoms with Crippen molar-refractivity contribution in [2.75, 3.05) is 20.1 Å². The Labute approximate surface area is 162 Å². The van der Waals surface area contributed by atoms with Gasteiger partial charge < -0.3 is 15.4 Å². The van der Waals surface area contributed by atoms with Crippen molar-refractivity contribution in [1.29, 1.82) is 0 Å². The molecule has 0 aliphatic carbocycles. The van der Waals surface area contributed by atoms with E-state index in [0.29, 0.717) is 0 Å². The summed E-state index contributed by atoms with van der Waals surface area (Å²) in [5.41, 5.74) is 4.68. The van der Waals surface area contributed by atoms with Gasteiger partial charge in [0.05, 0.1) is 19.0 Å². The number of benzene rings is 2. The van der Waals surface area contributed by atoms with E-state index < -0.39 is 0 Å². The molecule has 4 nitrogen and oxygen atoms in total. The number of rotatable bonds is 9. The molecule has 1 aliphatic rings. The largest absolute Gasteiger partial charge is 0.355 e. The molecule has 0 aromatic heterocycles. The van der Waals surface area contributed by atoms with Crippen LogP contribution < -0.4 is 10.6 Å². The van der Waals surface area contributed by atoms with Crippen LogP contribution in [0.15, 0.2) is 66.2 Å². The van der Waals surface area contributed by atoms with Crippen molar-refractivity contribution < 1.29 is 4.74 Å². The van der Waals surface area contributed by atoms with Crippen LogP contribution in [0.3, 0.4) is 0 Å². The van der Waals surface area contributed by atoms with E-state index in [9.17, 15) is 0 Å². The maximum atomic E-state index is 6.12. The summed E-state index contributed by atoms with van der Waals surface area (Å²) in [4.78, 5) is 4.31. The molecule has 2 aromatic rings. The fraction of sp³-hybridized carbons (Fsp3) is 0.348. The lowest BCUT2D eigenvalue weighted by molar-refractivity contribution is 0.0384. The van der Waals surface area contributed by atoms with Crippen molar-refractivity contribution >= 4 is 11.9 Å². The molecule has 2 unspecified atom stereocenters. The van der Waals surface area contributed by atoms with Crippen LogP contribution in [-0.4, -0.2) is 38.8 Å². The summed E-state index contributed by atoms with van der Waals surface area (Å²) in [7, 11) is 1.93. The zero-order valence-electron chi connectivity index (χ0n) is 16.0. The van der Waals surface area contributed by atoms with Gasteiger partial charge in [0, 0.05) is 6.54 Å². The molecule has 0 radical (unpaired) electrons. The van der Waals surface area contributed by atoms with E-state index >= 15 is 0 Å². The van der Waals surface area contributed by atoms with E-state index in [0.717, 1.165) is 43.5 Å². The lowest BCUT2D eigenvalue weighted by Crippen LogP contribution is -2.28. The maximum absolute atomic E-state index is 6.12. The Kier molecular flexibility index (Phi) is 7.19. The number of ether oxygens (including phenoxy) is 1. The molecule has 0 amide bonds. The summed E-state index contributed by atoms with van der Waals surface area (Å²) >= 11 is 0. The minimum Gasteiger partial charge on any atom is -0.355 e. The van der Waals surface area contributed by atoms with Gasteiger partial charge in [0.2, 0.25) is 0 Å². The molecule has 1 heterocycles. The van der Waals surface area contributed by atoms with E-state index in [4.69, 9.17) is 4.74 Å². The molecular formula is C23H29N3O. The second-order valence-electron chi connectivity index (χ2n) is 6.88. The van der Waals surface area contributed by atoms with E-state index in [1.54, 1.807) is 6.34 Å². The Hall–Kier alpha value is -2.43. The fourth-order valence-corrected chi connectivity index (χ4v) is 3.31. The number of aliphatic imine (C=N–C) groups is 1. The minimum absolute atomic E-state index is 0.0656. The fourth-order valence-electron chi connectivity index (χ4n) is 3.31. The predicted octanol–water partition coefficient (Wildman–Crippen LogP) is 3.63. The number of likely N-dealkylation sites (N-methyl/N-ethyl adjacent to an activating group) is 1. The van der Waals surface area contributed by atoms with E-state index in [1.807, 2.05) is 25.2 Å².